The molecule has 2 rings (SSSR count). The molecule has 1 heterocycles. The molecule has 0 aliphatic heterocycles. The van der Waals surface area contributed by atoms with Gasteiger partial charge in [0.05, 0.1) is 11.4 Å². The first-order chi connectivity index (χ1) is 9.82. The van der Waals surface area contributed by atoms with Crippen LogP contribution in [0.1, 0.15) is 45.4 Å². The van der Waals surface area contributed by atoms with Gasteiger partial charge in [0.15, 0.2) is 0 Å². The van der Waals surface area contributed by atoms with Crippen LogP contribution in [-0.2, 0) is 18.9 Å². The molecule has 2 N–H and O–H groups in total. The van der Waals surface area contributed by atoms with Crippen molar-refractivity contribution in [3.05, 3.63) is 35.5 Å². The lowest BCUT2D eigenvalue weighted by Crippen LogP contribution is -2.10. The highest BCUT2D eigenvalue weighted by Gasteiger charge is 2.16. The lowest BCUT2D eigenvalue weighted by atomic mass is 9.87. The van der Waals surface area contributed by atoms with Gasteiger partial charge in [-0.2, -0.15) is 5.10 Å². The van der Waals surface area contributed by atoms with Crippen molar-refractivity contribution in [1.29, 1.82) is 0 Å². The highest BCUT2D eigenvalue weighted by Crippen LogP contribution is 2.35. The summed E-state index contributed by atoms with van der Waals surface area (Å²) in [6, 6.07) is 8.72. The number of anilines is 1. The molecule has 21 heavy (non-hydrogen) atoms. The van der Waals surface area contributed by atoms with E-state index >= 15 is 0 Å². The fourth-order valence-corrected chi connectivity index (χ4v) is 3.15. The van der Waals surface area contributed by atoms with Gasteiger partial charge >= 0.3 is 0 Å². The van der Waals surface area contributed by atoms with E-state index in [1.165, 1.54) is 10.5 Å². The van der Waals surface area contributed by atoms with Crippen LogP contribution >= 0.6 is 11.8 Å². The zero-order valence-electron chi connectivity index (χ0n) is 13.6. The number of benzene rings is 1. The molecule has 0 amide bonds. The van der Waals surface area contributed by atoms with Crippen LogP contribution in [0.5, 0.6) is 0 Å². The molecule has 0 fully saturated rings. The third kappa shape index (κ3) is 3.62. The van der Waals surface area contributed by atoms with Crippen LogP contribution in [0.25, 0.3) is 0 Å². The van der Waals surface area contributed by atoms with E-state index in [1.807, 2.05) is 11.7 Å². The molecule has 0 bridgehead atoms. The van der Waals surface area contributed by atoms with E-state index in [1.54, 1.807) is 11.8 Å². The minimum absolute atomic E-state index is 0.184. The summed E-state index contributed by atoms with van der Waals surface area (Å²) in [5.41, 5.74) is 9.59. The Balaban J connectivity index is 2.22. The van der Waals surface area contributed by atoms with Gasteiger partial charge in [-0.25, -0.2) is 0 Å². The van der Waals surface area contributed by atoms with Gasteiger partial charge in [-0.05, 0) is 29.5 Å². The average molecular weight is 303 g/mol. The molecule has 0 radical (unpaired) electrons. The molecule has 0 aliphatic rings. The largest absolute Gasteiger partial charge is 0.395 e. The van der Waals surface area contributed by atoms with Gasteiger partial charge in [-0.3, -0.25) is 4.68 Å². The number of aryl methyl sites for hydroxylation is 2. The summed E-state index contributed by atoms with van der Waals surface area (Å²) in [5.74, 6) is 0. The highest BCUT2D eigenvalue weighted by molar-refractivity contribution is 7.99. The van der Waals surface area contributed by atoms with E-state index < -0.39 is 0 Å². The van der Waals surface area contributed by atoms with Crippen molar-refractivity contribution < 1.29 is 0 Å². The first-order valence-electron chi connectivity index (χ1n) is 7.42. The standard InChI is InChI=1S/C17H25N3S/c1-6-7-14-15(18)16(20(5)19-14)21-13-10-8-12(9-11-13)17(2,3)4/h8-11H,6-7,18H2,1-5H3. The van der Waals surface area contributed by atoms with Crippen LogP contribution in [0.15, 0.2) is 34.2 Å². The molecular weight excluding hydrogens is 278 g/mol. The van der Waals surface area contributed by atoms with E-state index in [9.17, 15) is 0 Å². The third-order valence-corrected chi connectivity index (χ3v) is 4.71. The molecule has 0 unspecified atom stereocenters. The van der Waals surface area contributed by atoms with E-state index in [2.05, 4.69) is 57.1 Å². The van der Waals surface area contributed by atoms with Gasteiger partial charge in [0.2, 0.25) is 0 Å². The number of hydrogen-bond acceptors (Lipinski definition) is 3. The maximum absolute atomic E-state index is 6.23. The van der Waals surface area contributed by atoms with Gasteiger partial charge in [0, 0.05) is 11.9 Å². The lowest BCUT2D eigenvalue weighted by Gasteiger charge is -2.19. The number of nitrogens with two attached hydrogens (primary N) is 1. The minimum atomic E-state index is 0.184. The van der Waals surface area contributed by atoms with E-state index in [-0.39, 0.29) is 5.41 Å². The Morgan fingerprint density at radius 1 is 1.19 bits per heavy atom. The summed E-state index contributed by atoms with van der Waals surface area (Å²) in [7, 11) is 1.96. The average Bonchev–Trinajstić information content (AvgIpc) is 2.67. The Morgan fingerprint density at radius 2 is 1.81 bits per heavy atom. The molecule has 0 atom stereocenters. The van der Waals surface area contributed by atoms with Gasteiger partial charge in [-0.15, -0.1) is 0 Å². The maximum Gasteiger partial charge on any atom is 0.122 e. The van der Waals surface area contributed by atoms with Crippen LogP contribution in [0.3, 0.4) is 0 Å². The lowest BCUT2D eigenvalue weighted by molar-refractivity contribution is 0.589. The molecule has 3 nitrogen and oxygen atoms in total. The Morgan fingerprint density at radius 3 is 2.33 bits per heavy atom. The predicted octanol–water partition coefficient (Wildman–Crippen LogP) is 4.40. The SMILES string of the molecule is CCCc1nn(C)c(Sc2ccc(C(C)(C)C)cc2)c1N. The quantitative estimate of drug-likeness (QED) is 0.910. The zero-order chi connectivity index (χ0) is 15.6. The Labute approximate surface area is 131 Å². The second-order valence-corrected chi connectivity index (χ2v) is 7.48. The Hall–Kier alpha value is -1.42. The molecule has 0 aliphatic carbocycles. The van der Waals surface area contributed by atoms with Crippen molar-refractivity contribution in [3.8, 4) is 0 Å². The molecule has 4 heteroatoms. The highest BCUT2D eigenvalue weighted by atomic mass is 32.2. The molecule has 0 saturated heterocycles. The molecule has 0 saturated carbocycles. The monoisotopic (exact) mass is 303 g/mol. The molecule has 1 aromatic carbocycles. The topological polar surface area (TPSA) is 43.8 Å². The van der Waals surface area contributed by atoms with E-state index in [4.69, 9.17) is 5.73 Å². The predicted molar refractivity (Wildman–Crippen MR) is 90.9 cm³/mol. The summed E-state index contributed by atoms with van der Waals surface area (Å²) >= 11 is 1.68. The van der Waals surface area contributed by atoms with Gasteiger partial charge in [0.1, 0.15) is 5.03 Å². The van der Waals surface area contributed by atoms with Crippen LogP contribution in [0, 0.1) is 0 Å². The third-order valence-electron chi connectivity index (χ3n) is 3.53. The second-order valence-electron chi connectivity index (χ2n) is 6.42. The van der Waals surface area contributed by atoms with Crippen LogP contribution in [0.4, 0.5) is 5.69 Å². The fourth-order valence-electron chi connectivity index (χ4n) is 2.26. The van der Waals surface area contributed by atoms with Gasteiger partial charge in [0.25, 0.3) is 0 Å². The maximum atomic E-state index is 6.23. The second kappa shape index (κ2) is 6.14. The Kier molecular flexibility index (Phi) is 4.67. The Bertz CT molecular complexity index is 606. The van der Waals surface area contributed by atoms with Crippen LogP contribution in [0.2, 0.25) is 0 Å². The van der Waals surface area contributed by atoms with Crippen molar-refractivity contribution in [2.45, 2.75) is 55.9 Å². The summed E-state index contributed by atoms with van der Waals surface area (Å²) in [4.78, 5) is 1.20. The minimum Gasteiger partial charge on any atom is -0.395 e. The summed E-state index contributed by atoms with van der Waals surface area (Å²) < 4.78 is 1.89. The van der Waals surface area contributed by atoms with Crippen molar-refractivity contribution in [2.75, 3.05) is 5.73 Å². The molecular formula is C17H25N3S. The van der Waals surface area contributed by atoms with Gasteiger partial charge in [-0.1, -0.05) is 58.0 Å². The number of nitrogen functional groups attached to an aromatic ring is 1. The van der Waals surface area contributed by atoms with Crippen molar-refractivity contribution in [3.63, 3.8) is 0 Å². The van der Waals surface area contributed by atoms with E-state index in [0.717, 1.165) is 29.2 Å². The first-order valence-corrected chi connectivity index (χ1v) is 8.24. The molecule has 0 spiro atoms. The summed E-state index contributed by atoms with van der Waals surface area (Å²) in [6.07, 6.45) is 1.99. The molecule has 2 aromatic rings. The van der Waals surface area contributed by atoms with Crippen molar-refractivity contribution in [1.82, 2.24) is 9.78 Å². The smallest absolute Gasteiger partial charge is 0.122 e. The number of nitrogens with zero attached hydrogens (tertiary/aromatic N) is 2. The number of aromatic nitrogens is 2. The van der Waals surface area contributed by atoms with Crippen LogP contribution < -0.4 is 5.73 Å². The van der Waals surface area contributed by atoms with Crippen LogP contribution in [-0.4, -0.2) is 9.78 Å². The molecule has 1 aromatic heterocycles. The number of hydrogen-bond donors (Lipinski definition) is 1. The van der Waals surface area contributed by atoms with Crippen molar-refractivity contribution in [2.24, 2.45) is 7.05 Å². The molecule has 114 valence electrons. The zero-order valence-corrected chi connectivity index (χ0v) is 14.4. The van der Waals surface area contributed by atoms with Gasteiger partial charge < -0.3 is 5.73 Å². The summed E-state index contributed by atoms with van der Waals surface area (Å²) in [6.45, 7) is 8.83. The first kappa shape index (κ1) is 16.0. The van der Waals surface area contributed by atoms with Crippen molar-refractivity contribution >= 4 is 17.4 Å². The van der Waals surface area contributed by atoms with E-state index in [0.29, 0.717) is 0 Å². The number of rotatable bonds is 4. The normalized spacial score (nSPS) is 11.9. The fraction of sp³-hybridized carbons (Fsp3) is 0.471. The summed E-state index contributed by atoms with van der Waals surface area (Å²) in [5, 5.41) is 5.55.